The molecule has 1 fully saturated rings. The predicted octanol–water partition coefficient (Wildman–Crippen LogP) is 5.87. The SMILES string of the molecule is C=CC(=O)N1CCC(c2cccc(Nc3ncc(C(F)(F)F)c(Nc4ccccc4)n3)c2)CC1. The molecular formula is C25H24F3N5O. The van der Waals surface area contributed by atoms with Crippen LogP contribution >= 0.6 is 0 Å². The van der Waals surface area contributed by atoms with Gasteiger partial charge in [0.1, 0.15) is 11.4 Å². The maximum atomic E-state index is 13.5. The molecule has 2 N–H and O–H groups in total. The number of hydrogen-bond donors (Lipinski definition) is 2. The lowest BCUT2D eigenvalue weighted by Crippen LogP contribution is -2.36. The van der Waals surface area contributed by atoms with Gasteiger partial charge in [-0.1, -0.05) is 36.9 Å². The number of rotatable bonds is 6. The summed E-state index contributed by atoms with van der Waals surface area (Å²) in [5, 5.41) is 5.75. The average molecular weight is 467 g/mol. The fourth-order valence-electron chi connectivity index (χ4n) is 3.96. The minimum Gasteiger partial charge on any atom is -0.340 e. The Morgan fingerprint density at radius 1 is 1.03 bits per heavy atom. The third-order valence-corrected chi connectivity index (χ3v) is 5.73. The number of carbonyl (C=O) groups excluding carboxylic acids is 1. The molecule has 1 aliphatic rings. The van der Waals surface area contributed by atoms with Gasteiger partial charge in [0.05, 0.1) is 0 Å². The average Bonchev–Trinajstić information content (AvgIpc) is 2.84. The highest BCUT2D eigenvalue weighted by Crippen LogP contribution is 2.35. The fourth-order valence-corrected chi connectivity index (χ4v) is 3.96. The van der Waals surface area contributed by atoms with E-state index in [4.69, 9.17) is 0 Å². The van der Waals surface area contributed by atoms with Gasteiger partial charge in [0.15, 0.2) is 0 Å². The lowest BCUT2D eigenvalue weighted by atomic mass is 9.89. The molecule has 6 nitrogen and oxygen atoms in total. The monoisotopic (exact) mass is 467 g/mol. The number of piperidine rings is 1. The molecule has 1 amide bonds. The molecule has 34 heavy (non-hydrogen) atoms. The number of likely N-dealkylation sites (tertiary alicyclic amines) is 1. The van der Waals surface area contributed by atoms with Crippen LogP contribution in [0.2, 0.25) is 0 Å². The smallest absolute Gasteiger partial charge is 0.340 e. The molecule has 9 heteroatoms. The third-order valence-electron chi connectivity index (χ3n) is 5.73. The molecule has 4 rings (SSSR count). The van der Waals surface area contributed by atoms with Crippen LogP contribution in [0.15, 0.2) is 73.4 Å². The van der Waals surface area contributed by atoms with Crippen molar-refractivity contribution in [2.24, 2.45) is 0 Å². The van der Waals surface area contributed by atoms with Gasteiger partial charge in [0, 0.05) is 30.7 Å². The first-order valence-electron chi connectivity index (χ1n) is 10.9. The van der Waals surface area contributed by atoms with Crippen LogP contribution < -0.4 is 10.6 Å². The molecule has 2 aromatic carbocycles. The van der Waals surface area contributed by atoms with Gasteiger partial charge in [-0.05, 0) is 54.7 Å². The summed E-state index contributed by atoms with van der Waals surface area (Å²) in [7, 11) is 0. The minimum absolute atomic E-state index is 0.0509. The van der Waals surface area contributed by atoms with E-state index < -0.39 is 11.7 Å². The zero-order chi connectivity index (χ0) is 24.1. The molecule has 0 atom stereocenters. The first-order valence-corrected chi connectivity index (χ1v) is 10.9. The van der Waals surface area contributed by atoms with Gasteiger partial charge >= 0.3 is 6.18 Å². The second kappa shape index (κ2) is 9.94. The number of anilines is 4. The lowest BCUT2D eigenvalue weighted by molar-refractivity contribution is -0.137. The van der Waals surface area contributed by atoms with Crippen LogP contribution in [-0.4, -0.2) is 33.9 Å². The first-order chi connectivity index (χ1) is 16.3. The summed E-state index contributed by atoms with van der Waals surface area (Å²) in [4.78, 5) is 21.6. The molecule has 0 bridgehead atoms. The molecule has 1 aromatic heterocycles. The Morgan fingerprint density at radius 2 is 1.74 bits per heavy atom. The molecule has 2 heterocycles. The van der Waals surface area contributed by atoms with Crippen molar-refractivity contribution in [1.29, 1.82) is 0 Å². The number of aromatic nitrogens is 2. The predicted molar refractivity (Wildman–Crippen MR) is 125 cm³/mol. The molecule has 176 valence electrons. The molecular weight excluding hydrogens is 443 g/mol. The number of nitrogens with zero attached hydrogens (tertiary/aromatic N) is 3. The second-order valence-electron chi connectivity index (χ2n) is 8.00. The van der Waals surface area contributed by atoms with Gasteiger partial charge in [-0.15, -0.1) is 0 Å². The Bertz CT molecular complexity index is 1160. The van der Waals surface area contributed by atoms with E-state index in [-0.39, 0.29) is 23.6 Å². The molecule has 0 aliphatic carbocycles. The summed E-state index contributed by atoms with van der Waals surface area (Å²) in [6, 6.07) is 16.2. The van der Waals surface area contributed by atoms with Crippen molar-refractivity contribution < 1.29 is 18.0 Å². The van der Waals surface area contributed by atoms with Crippen LogP contribution in [0, 0.1) is 0 Å². The second-order valence-corrected chi connectivity index (χ2v) is 8.00. The normalized spacial score (nSPS) is 14.5. The Kier molecular flexibility index (Phi) is 6.81. The van der Waals surface area contributed by atoms with Gasteiger partial charge in [0.2, 0.25) is 11.9 Å². The third kappa shape index (κ3) is 5.54. The van der Waals surface area contributed by atoms with E-state index in [9.17, 15) is 18.0 Å². The quantitative estimate of drug-likeness (QED) is 0.444. The van der Waals surface area contributed by atoms with Crippen molar-refractivity contribution in [1.82, 2.24) is 14.9 Å². The summed E-state index contributed by atoms with van der Waals surface area (Å²) in [5.41, 5.74) is 1.30. The van der Waals surface area contributed by atoms with Crippen LogP contribution in [0.4, 0.5) is 36.3 Å². The van der Waals surface area contributed by atoms with Crippen molar-refractivity contribution >= 4 is 29.0 Å². The highest BCUT2D eigenvalue weighted by Gasteiger charge is 2.35. The van der Waals surface area contributed by atoms with E-state index in [2.05, 4.69) is 27.2 Å². The first kappa shape index (κ1) is 23.3. The number of nitrogens with one attached hydrogen (secondary N) is 2. The van der Waals surface area contributed by atoms with Crippen molar-refractivity contribution in [3.05, 3.63) is 84.6 Å². The van der Waals surface area contributed by atoms with E-state index in [1.807, 2.05) is 24.3 Å². The number of carbonyl (C=O) groups is 1. The Hall–Kier alpha value is -3.88. The zero-order valence-electron chi connectivity index (χ0n) is 18.3. The molecule has 3 aromatic rings. The van der Waals surface area contributed by atoms with Crippen molar-refractivity contribution in [2.75, 3.05) is 23.7 Å². The number of para-hydroxylation sites is 1. The minimum atomic E-state index is -4.60. The van der Waals surface area contributed by atoms with Gasteiger partial charge < -0.3 is 15.5 Å². The van der Waals surface area contributed by atoms with Gasteiger partial charge in [0.25, 0.3) is 0 Å². The lowest BCUT2D eigenvalue weighted by Gasteiger charge is -2.31. The summed E-state index contributed by atoms with van der Waals surface area (Å²) in [6.45, 7) is 4.85. The van der Waals surface area contributed by atoms with E-state index in [0.717, 1.165) is 24.6 Å². The Morgan fingerprint density at radius 3 is 2.41 bits per heavy atom. The van der Waals surface area contributed by atoms with Crippen molar-refractivity contribution in [3.63, 3.8) is 0 Å². The Labute approximate surface area is 195 Å². The van der Waals surface area contributed by atoms with Crippen LogP contribution in [0.25, 0.3) is 0 Å². The largest absolute Gasteiger partial charge is 0.421 e. The van der Waals surface area contributed by atoms with E-state index in [0.29, 0.717) is 24.5 Å². The van der Waals surface area contributed by atoms with Crippen LogP contribution in [-0.2, 0) is 11.0 Å². The number of benzene rings is 2. The number of amides is 1. The maximum absolute atomic E-state index is 13.5. The van der Waals surface area contributed by atoms with E-state index in [1.54, 1.807) is 35.2 Å². The Balaban J connectivity index is 1.52. The van der Waals surface area contributed by atoms with Crippen LogP contribution in [0.5, 0.6) is 0 Å². The van der Waals surface area contributed by atoms with E-state index in [1.165, 1.54) is 6.08 Å². The molecule has 0 unspecified atom stereocenters. The van der Waals surface area contributed by atoms with Gasteiger partial charge in [-0.2, -0.15) is 18.2 Å². The highest BCUT2D eigenvalue weighted by atomic mass is 19.4. The summed E-state index contributed by atoms with van der Waals surface area (Å²) in [6.07, 6.45) is -0.847. The summed E-state index contributed by atoms with van der Waals surface area (Å²) < 4.78 is 40.5. The zero-order valence-corrected chi connectivity index (χ0v) is 18.3. The topological polar surface area (TPSA) is 70.2 Å². The standard InChI is InChI=1S/C25H24F3N5O/c1-2-22(34)33-13-11-17(12-14-33)18-7-6-10-20(15-18)31-24-29-16-21(25(26,27)28)23(32-24)30-19-8-4-3-5-9-19/h2-10,15-17H,1,11-14H2,(H2,29,30,31,32). The summed E-state index contributed by atoms with van der Waals surface area (Å²) >= 11 is 0. The van der Waals surface area contributed by atoms with Gasteiger partial charge in [-0.25, -0.2) is 4.98 Å². The van der Waals surface area contributed by atoms with E-state index >= 15 is 0 Å². The van der Waals surface area contributed by atoms with Gasteiger partial charge in [-0.3, -0.25) is 4.79 Å². The highest BCUT2D eigenvalue weighted by molar-refractivity contribution is 5.87. The fraction of sp³-hybridized carbons (Fsp3) is 0.240. The molecule has 0 saturated carbocycles. The van der Waals surface area contributed by atoms with Crippen LogP contribution in [0.3, 0.4) is 0 Å². The molecule has 1 aliphatic heterocycles. The molecule has 0 spiro atoms. The molecule has 1 saturated heterocycles. The maximum Gasteiger partial charge on any atom is 0.421 e. The summed E-state index contributed by atoms with van der Waals surface area (Å²) in [5.74, 6) is -0.0609. The van der Waals surface area contributed by atoms with Crippen LogP contribution in [0.1, 0.15) is 29.9 Å². The number of alkyl halides is 3. The molecule has 0 radical (unpaired) electrons. The number of hydrogen-bond acceptors (Lipinski definition) is 5. The van der Waals surface area contributed by atoms with Crippen molar-refractivity contribution in [2.45, 2.75) is 24.9 Å². The number of halogens is 3. The van der Waals surface area contributed by atoms with Crippen molar-refractivity contribution in [3.8, 4) is 0 Å².